The Labute approximate surface area is 408 Å². The van der Waals surface area contributed by atoms with E-state index in [2.05, 4.69) is 196 Å². The van der Waals surface area contributed by atoms with Crippen molar-refractivity contribution in [2.75, 3.05) is 4.90 Å². The van der Waals surface area contributed by atoms with Gasteiger partial charge in [0.2, 0.25) is 0 Å². The van der Waals surface area contributed by atoms with Gasteiger partial charge in [0.05, 0.1) is 50.5 Å². The molecule has 10 aromatic carbocycles. The Morgan fingerprint density at radius 2 is 0.600 bits per heavy atom. The number of hydrogen-bond donors (Lipinski definition) is 0. The fourth-order valence-electron chi connectivity index (χ4n) is 10.4. The van der Waals surface area contributed by atoms with Crippen molar-refractivity contribution < 1.29 is 0 Å². The molecule has 1 aliphatic heterocycles. The molecule has 0 amide bonds. The van der Waals surface area contributed by atoms with Crippen LogP contribution in [0.1, 0.15) is 0 Å². The molecule has 0 aliphatic carbocycles. The zero-order valence-electron chi connectivity index (χ0n) is 37.7. The van der Waals surface area contributed by atoms with Crippen LogP contribution in [0.5, 0.6) is 0 Å². The van der Waals surface area contributed by atoms with Crippen LogP contribution in [-0.2, 0) is 0 Å². The molecular weight excluding hydrogens is 873 g/mol. The topological polar surface area (TPSA) is 51.8 Å². The molecule has 7 heteroatoms. The number of anilines is 3. The minimum Gasteiger partial charge on any atom is -0.307 e. The molecule has 0 fully saturated rings. The molecule has 0 unspecified atom stereocenters. The highest BCUT2D eigenvalue weighted by Crippen LogP contribution is 2.55. The van der Waals surface area contributed by atoms with E-state index in [1.807, 2.05) is 72.4 Å². The molecule has 0 saturated carbocycles. The molecule has 70 heavy (non-hydrogen) atoms. The van der Waals surface area contributed by atoms with Crippen LogP contribution in [0, 0.1) is 0 Å². The fourth-order valence-corrected chi connectivity index (χ4v) is 11.5. The van der Waals surface area contributed by atoms with Crippen LogP contribution in [-0.4, -0.2) is 24.1 Å². The fraction of sp³-hybridized carbons (Fsp3) is 0. The van der Waals surface area contributed by atoms with Gasteiger partial charge in [0.25, 0.3) is 0 Å². The lowest BCUT2D eigenvalue weighted by atomic mass is 9.99. The van der Waals surface area contributed by atoms with Crippen molar-refractivity contribution in [1.29, 1.82) is 0 Å². The first-order valence-corrected chi connectivity index (χ1v) is 24.3. The Hall–Kier alpha value is -9.04. The first-order valence-electron chi connectivity index (χ1n) is 23.5. The number of aromatic nitrogens is 5. The summed E-state index contributed by atoms with van der Waals surface area (Å²) in [6.45, 7) is 0. The third kappa shape index (κ3) is 6.47. The monoisotopic (exact) mass is 912 g/mol. The maximum absolute atomic E-state index is 5.08. The van der Waals surface area contributed by atoms with E-state index < -0.39 is 0 Å². The van der Waals surface area contributed by atoms with Crippen LogP contribution < -0.4 is 4.90 Å². The van der Waals surface area contributed by atoms with Gasteiger partial charge in [0.15, 0.2) is 17.5 Å². The smallest absolute Gasteiger partial charge is 0.164 e. The summed E-state index contributed by atoms with van der Waals surface area (Å²) in [5.74, 6) is 1.89. The van der Waals surface area contributed by atoms with Crippen molar-refractivity contribution in [2.45, 2.75) is 9.79 Å². The van der Waals surface area contributed by atoms with Gasteiger partial charge < -0.3 is 14.0 Å². The maximum Gasteiger partial charge on any atom is 0.164 e. The molecule has 14 rings (SSSR count). The molecular formula is C63H40N6S. The van der Waals surface area contributed by atoms with Gasteiger partial charge in [-0.2, -0.15) is 0 Å². The second-order valence-corrected chi connectivity index (χ2v) is 18.7. The third-order valence-electron chi connectivity index (χ3n) is 13.5. The highest BCUT2D eigenvalue weighted by Gasteiger charge is 2.32. The average molecular weight is 913 g/mol. The van der Waals surface area contributed by atoms with E-state index in [0.717, 1.165) is 78.3 Å². The maximum atomic E-state index is 5.08. The number of fused-ring (bicyclic) bond motifs is 8. The molecule has 4 heterocycles. The van der Waals surface area contributed by atoms with Gasteiger partial charge in [-0.15, -0.1) is 0 Å². The Bertz CT molecular complexity index is 3810. The second-order valence-electron chi connectivity index (χ2n) is 17.6. The van der Waals surface area contributed by atoms with Crippen LogP contribution in [0.15, 0.2) is 252 Å². The van der Waals surface area contributed by atoms with E-state index >= 15 is 0 Å². The van der Waals surface area contributed by atoms with E-state index in [0.29, 0.717) is 17.5 Å². The highest BCUT2D eigenvalue weighted by atomic mass is 32.2. The summed E-state index contributed by atoms with van der Waals surface area (Å²) in [5, 5.41) is 4.81. The van der Waals surface area contributed by atoms with Gasteiger partial charge in [0.1, 0.15) is 0 Å². The summed E-state index contributed by atoms with van der Waals surface area (Å²) in [6.07, 6.45) is 0. The van der Waals surface area contributed by atoms with Crippen molar-refractivity contribution in [3.05, 3.63) is 243 Å². The lowest BCUT2D eigenvalue weighted by molar-refractivity contribution is 1.07. The van der Waals surface area contributed by atoms with Gasteiger partial charge in [-0.05, 0) is 71.8 Å². The number of benzene rings is 10. The van der Waals surface area contributed by atoms with Crippen molar-refractivity contribution in [3.8, 4) is 56.7 Å². The van der Waals surface area contributed by atoms with Crippen molar-refractivity contribution in [3.63, 3.8) is 0 Å². The lowest BCUT2D eigenvalue weighted by Gasteiger charge is -2.36. The van der Waals surface area contributed by atoms with Crippen LogP contribution in [0.25, 0.3) is 100 Å². The summed E-state index contributed by atoms with van der Waals surface area (Å²) in [5.41, 5.74) is 14.9. The number of para-hydroxylation sites is 6. The molecule has 1 aliphatic rings. The normalized spacial score (nSPS) is 12.2. The molecule has 0 saturated heterocycles. The first kappa shape index (κ1) is 40.1. The quantitative estimate of drug-likeness (QED) is 0.159. The van der Waals surface area contributed by atoms with Gasteiger partial charge in [-0.3, -0.25) is 0 Å². The van der Waals surface area contributed by atoms with Gasteiger partial charge in [0, 0.05) is 48.0 Å². The largest absolute Gasteiger partial charge is 0.307 e. The molecule has 0 radical (unpaired) electrons. The SMILES string of the molecule is c1ccc(-c2nc(-c3ccccc3)nc(-c3ccc(-c4cc(-n5c6ccccc6c6ccccc65)c(N5c6ccccc6Sc6ccccc65)c(-n5c6ccccc6c6ccccc65)c4)cc3)n2)cc1. The average Bonchev–Trinajstić information content (AvgIpc) is 3.95. The van der Waals surface area contributed by atoms with Gasteiger partial charge in [-0.25, -0.2) is 15.0 Å². The minimum absolute atomic E-state index is 0.617. The summed E-state index contributed by atoms with van der Waals surface area (Å²) >= 11 is 1.83. The number of hydrogen-bond acceptors (Lipinski definition) is 5. The number of rotatable bonds is 7. The van der Waals surface area contributed by atoms with Gasteiger partial charge >= 0.3 is 0 Å². The number of nitrogens with zero attached hydrogens (tertiary/aromatic N) is 6. The molecule has 3 aromatic heterocycles. The second kappa shape index (κ2) is 16.3. The molecule has 13 aromatic rings. The van der Waals surface area contributed by atoms with E-state index in [1.165, 1.54) is 31.3 Å². The summed E-state index contributed by atoms with van der Waals surface area (Å²) < 4.78 is 4.98. The lowest BCUT2D eigenvalue weighted by Crippen LogP contribution is -2.19. The Balaban J connectivity index is 1.07. The molecule has 0 atom stereocenters. The van der Waals surface area contributed by atoms with Crippen molar-refractivity contribution in [2.24, 2.45) is 0 Å². The minimum atomic E-state index is 0.617. The van der Waals surface area contributed by atoms with E-state index in [4.69, 9.17) is 15.0 Å². The highest BCUT2D eigenvalue weighted by molar-refractivity contribution is 7.99. The Morgan fingerprint density at radius 1 is 0.271 bits per heavy atom. The predicted octanol–water partition coefficient (Wildman–Crippen LogP) is 16.7. The van der Waals surface area contributed by atoms with Crippen molar-refractivity contribution in [1.82, 2.24) is 24.1 Å². The summed E-state index contributed by atoms with van der Waals surface area (Å²) in [4.78, 5) is 20.0. The molecule has 0 spiro atoms. The Morgan fingerprint density at radius 3 is 1.01 bits per heavy atom. The van der Waals surface area contributed by atoms with E-state index in [9.17, 15) is 0 Å². The third-order valence-corrected chi connectivity index (χ3v) is 14.7. The zero-order chi connectivity index (χ0) is 46.1. The molecule has 6 nitrogen and oxygen atoms in total. The Kier molecular flexibility index (Phi) is 9.35. The molecule has 0 bridgehead atoms. The van der Waals surface area contributed by atoms with Crippen LogP contribution in [0.3, 0.4) is 0 Å². The summed E-state index contributed by atoms with van der Waals surface area (Å²) in [7, 11) is 0. The van der Waals surface area contributed by atoms with Crippen LogP contribution in [0.4, 0.5) is 17.1 Å². The van der Waals surface area contributed by atoms with Crippen molar-refractivity contribution >= 4 is 72.4 Å². The van der Waals surface area contributed by atoms with Crippen LogP contribution >= 0.6 is 11.8 Å². The zero-order valence-corrected chi connectivity index (χ0v) is 38.5. The predicted molar refractivity (Wildman–Crippen MR) is 289 cm³/mol. The van der Waals surface area contributed by atoms with E-state index in [1.54, 1.807) is 0 Å². The molecule has 0 N–H and O–H groups in total. The standard InChI is InChI=1S/C63H40N6S/c1-3-19-42(20-4-1)61-64-62(43-21-5-2-6-22-43)66-63(65-61)44-37-35-41(36-38-44)45-39-56(67-50-27-11-7-23-46(50)47-24-8-12-28-51(47)67)60(69-54-31-15-17-33-58(54)70-59-34-18-16-32-55(59)69)57(40-45)68-52-29-13-9-25-48(52)49-26-10-14-30-53(49)68/h1-40H. The molecule has 328 valence electrons. The first-order chi connectivity index (χ1) is 34.7. The van der Waals surface area contributed by atoms with E-state index in [-0.39, 0.29) is 0 Å². The van der Waals surface area contributed by atoms with Crippen LogP contribution in [0.2, 0.25) is 0 Å². The summed E-state index contributed by atoms with van der Waals surface area (Å²) in [6, 6.07) is 86.7. The van der Waals surface area contributed by atoms with Gasteiger partial charge in [-0.1, -0.05) is 194 Å².